The minimum atomic E-state index is -4.09. The molecule has 0 aromatic heterocycles. The summed E-state index contributed by atoms with van der Waals surface area (Å²) >= 11 is 0. The van der Waals surface area contributed by atoms with Gasteiger partial charge >= 0.3 is 6.18 Å². The largest absolute Gasteiger partial charge is 0.501 e. The molecule has 0 radical (unpaired) electrons. The van der Waals surface area contributed by atoms with Crippen LogP contribution in [-0.4, -0.2) is 36.4 Å². The Morgan fingerprint density at radius 3 is 2.30 bits per heavy atom. The molecule has 37 heavy (non-hydrogen) atoms. The smallest absolute Gasteiger partial charge is 0.391 e. The molecule has 2 aliphatic heterocycles. The van der Waals surface area contributed by atoms with Crippen LogP contribution in [0.1, 0.15) is 81.9 Å². The summed E-state index contributed by atoms with van der Waals surface area (Å²) in [4.78, 5) is 2.74. The summed E-state index contributed by atoms with van der Waals surface area (Å²) in [6, 6.07) is 12.3. The van der Waals surface area contributed by atoms with Crippen molar-refractivity contribution in [3.8, 4) is 5.75 Å². The lowest BCUT2D eigenvalue weighted by atomic mass is 9.76. The first kappa shape index (κ1) is 26.4. The number of aryl methyl sites for hydroxylation is 1. The van der Waals surface area contributed by atoms with Crippen molar-refractivity contribution in [2.45, 2.75) is 102 Å². The van der Waals surface area contributed by atoms with E-state index < -0.39 is 12.1 Å². The Balaban J connectivity index is 1.30. The Hall–Kier alpha value is -2.21. The van der Waals surface area contributed by atoms with E-state index in [4.69, 9.17) is 9.47 Å². The van der Waals surface area contributed by atoms with Crippen molar-refractivity contribution in [1.82, 2.24) is 4.90 Å². The fourth-order valence-corrected chi connectivity index (χ4v) is 7.21. The number of ether oxygens (including phenoxy) is 2. The minimum Gasteiger partial charge on any atom is -0.501 e. The standard InChI is InChI=1S/C31H40F3NO2/c1-19-29-14-8-22(20(2)35-26-6-5-7-27(35)18-24(17-26)21(3)36-4)16-23(29)9-15-30(19)37-28-12-10-25(11-13-28)31(32,33)34/h8-9,14-16,20,24-28H,3,5-7,10-13,17-18H2,1-2,4H3/t20-,24?,25?,26?,27?,28?/m0/s1. The van der Waals surface area contributed by atoms with Crippen LogP contribution in [0.25, 0.3) is 10.8 Å². The highest BCUT2D eigenvalue weighted by molar-refractivity contribution is 5.88. The summed E-state index contributed by atoms with van der Waals surface area (Å²) in [6.07, 6.45) is 2.96. The van der Waals surface area contributed by atoms with Gasteiger partial charge in [0, 0.05) is 24.0 Å². The first-order valence-electron chi connectivity index (χ1n) is 13.9. The molecule has 1 saturated carbocycles. The SMILES string of the molecule is C=C(OC)C1CC2CCCC(C1)N2[C@@H](C)c1ccc2c(C)c(OC3CCC(C(F)(F)F)CC3)ccc2c1. The van der Waals surface area contributed by atoms with Crippen molar-refractivity contribution >= 4 is 10.8 Å². The van der Waals surface area contributed by atoms with Gasteiger partial charge in [0.25, 0.3) is 0 Å². The number of halogens is 3. The van der Waals surface area contributed by atoms with Crippen molar-refractivity contribution in [2.24, 2.45) is 11.8 Å². The van der Waals surface area contributed by atoms with Gasteiger partial charge in [0.1, 0.15) is 5.75 Å². The van der Waals surface area contributed by atoms with E-state index in [0.717, 1.165) is 35.3 Å². The van der Waals surface area contributed by atoms with Gasteiger partial charge in [-0.3, -0.25) is 4.90 Å². The van der Waals surface area contributed by atoms with E-state index in [-0.39, 0.29) is 18.9 Å². The molecule has 2 bridgehead atoms. The van der Waals surface area contributed by atoms with E-state index in [0.29, 0.717) is 36.9 Å². The number of methoxy groups -OCH3 is 1. The predicted molar refractivity (Wildman–Crippen MR) is 142 cm³/mol. The summed E-state index contributed by atoms with van der Waals surface area (Å²) in [6.45, 7) is 8.54. The maximum atomic E-state index is 13.0. The van der Waals surface area contributed by atoms with Crippen LogP contribution in [0.15, 0.2) is 42.7 Å². The van der Waals surface area contributed by atoms with Gasteiger partial charge in [-0.25, -0.2) is 0 Å². The minimum absolute atomic E-state index is 0.148. The summed E-state index contributed by atoms with van der Waals surface area (Å²) in [5.74, 6) is 0.982. The Bertz CT molecular complexity index is 1110. The summed E-state index contributed by atoms with van der Waals surface area (Å²) < 4.78 is 50.8. The summed E-state index contributed by atoms with van der Waals surface area (Å²) in [7, 11) is 1.74. The van der Waals surface area contributed by atoms with Gasteiger partial charge in [0.15, 0.2) is 0 Å². The van der Waals surface area contributed by atoms with Crippen LogP contribution in [0.4, 0.5) is 13.2 Å². The number of nitrogens with zero attached hydrogens (tertiary/aromatic N) is 1. The highest BCUT2D eigenvalue weighted by atomic mass is 19.4. The number of hydrogen-bond donors (Lipinski definition) is 0. The molecule has 6 heteroatoms. The molecule has 0 N–H and O–H groups in total. The molecule has 1 aliphatic carbocycles. The van der Waals surface area contributed by atoms with Crippen LogP contribution in [0, 0.1) is 18.8 Å². The normalized spacial score (nSPS) is 29.6. The average Bonchev–Trinajstić information content (AvgIpc) is 2.88. The van der Waals surface area contributed by atoms with E-state index in [1.807, 2.05) is 6.07 Å². The van der Waals surface area contributed by atoms with Crippen molar-refractivity contribution in [3.63, 3.8) is 0 Å². The summed E-state index contributed by atoms with van der Waals surface area (Å²) in [5, 5.41) is 2.33. The molecular weight excluding hydrogens is 475 g/mol. The van der Waals surface area contributed by atoms with Gasteiger partial charge in [0.2, 0.25) is 0 Å². The van der Waals surface area contributed by atoms with Crippen LogP contribution in [0.2, 0.25) is 0 Å². The van der Waals surface area contributed by atoms with Crippen LogP contribution in [-0.2, 0) is 4.74 Å². The molecule has 2 saturated heterocycles. The Morgan fingerprint density at radius 1 is 1.00 bits per heavy atom. The first-order valence-corrected chi connectivity index (χ1v) is 13.9. The van der Waals surface area contributed by atoms with Gasteiger partial charge in [-0.1, -0.05) is 31.2 Å². The molecule has 0 spiro atoms. The van der Waals surface area contributed by atoms with Crippen LogP contribution >= 0.6 is 0 Å². The second-order valence-corrected chi connectivity index (χ2v) is 11.5. The van der Waals surface area contributed by atoms with Crippen molar-refractivity contribution in [3.05, 3.63) is 53.8 Å². The molecule has 3 atom stereocenters. The number of alkyl halides is 3. The number of benzene rings is 2. The zero-order valence-corrected chi connectivity index (χ0v) is 22.3. The quantitative estimate of drug-likeness (QED) is 0.360. The molecule has 2 aromatic carbocycles. The third-order valence-corrected chi connectivity index (χ3v) is 9.37. The third-order valence-electron chi connectivity index (χ3n) is 9.37. The lowest BCUT2D eigenvalue weighted by molar-refractivity contribution is -0.185. The lowest BCUT2D eigenvalue weighted by Gasteiger charge is -2.51. The Morgan fingerprint density at radius 2 is 1.68 bits per heavy atom. The average molecular weight is 516 g/mol. The van der Waals surface area contributed by atoms with Crippen molar-refractivity contribution in [2.75, 3.05) is 7.11 Å². The number of piperidine rings is 2. The highest BCUT2D eigenvalue weighted by Gasteiger charge is 2.43. The van der Waals surface area contributed by atoms with E-state index in [2.05, 4.69) is 49.6 Å². The predicted octanol–water partition coefficient (Wildman–Crippen LogP) is 8.50. The fraction of sp³-hybridized carbons (Fsp3) is 0.613. The maximum Gasteiger partial charge on any atom is 0.391 e. The molecule has 3 aliphatic rings. The van der Waals surface area contributed by atoms with E-state index >= 15 is 0 Å². The van der Waals surface area contributed by atoms with Gasteiger partial charge in [0.05, 0.1) is 24.9 Å². The molecule has 2 heterocycles. The molecule has 2 unspecified atom stereocenters. The monoisotopic (exact) mass is 515 g/mol. The molecular formula is C31H40F3NO2. The number of allylic oxidation sites excluding steroid dienone is 1. The molecule has 202 valence electrons. The van der Waals surface area contributed by atoms with Gasteiger partial charge in [-0.15, -0.1) is 0 Å². The Labute approximate surface area is 219 Å². The Kier molecular flexibility index (Phi) is 7.50. The van der Waals surface area contributed by atoms with E-state index in [1.54, 1.807) is 7.11 Å². The molecule has 0 amide bonds. The van der Waals surface area contributed by atoms with Crippen molar-refractivity contribution < 1.29 is 22.6 Å². The fourth-order valence-electron chi connectivity index (χ4n) is 7.21. The van der Waals surface area contributed by atoms with Crippen LogP contribution in [0.5, 0.6) is 5.75 Å². The zero-order chi connectivity index (χ0) is 26.3. The molecule has 2 aromatic rings. The highest BCUT2D eigenvalue weighted by Crippen LogP contribution is 2.44. The van der Waals surface area contributed by atoms with Gasteiger partial charge in [-0.2, -0.15) is 13.2 Å². The molecule has 5 rings (SSSR count). The molecule has 3 fully saturated rings. The van der Waals surface area contributed by atoms with Gasteiger partial charge in [-0.05, 0) is 99.2 Å². The second kappa shape index (κ2) is 10.5. The topological polar surface area (TPSA) is 21.7 Å². The van der Waals surface area contributed by atoms with Crippen LogP contribution in [0.3, 0.4) is 0 Å². The van der Waals surface area contributed by atoms with Crippen molar-refractivity contribution in [1.29, 1.82) is 0 Å². The number of hydrogen-bond acceptors (Lipinski definition) is 3. The van der Waals surface area contributed by atoms with Crippen LogP contribution < -0.4 is 4.74 Å². The number of fused-ring (bicyclic) bond motifs is 3. The number of rotatable bonds is 6. The van der Waals surface area contributed by atoms with E-state index in [1.165, 1.54) is 30.2 Å². The third kappa shape index (κ3) is 5.36. The first-order chi connectivity index (χ1) is 17.7. The molecule has 3 nitrogen and oxygen atoms in total. The van der Waals surface area contributed by atoms with E-state index in [9.17, 15) is 13.2 Å². The van der Waals surface area contributed by atoms with Gasteiger partial charge < -0.3 is 9.47 Å². The summed E-state index contributed by atoms with van der Waals surface area (Å²) in [5.41, 5.74) is 2.39. The maximum absolute atomic E-state index is 13.0. The second-order valence-electron chi connectivity index (χ2n) is 11.5. The zero-order valence-electron chi connectivity index (χ0n) is 22.3. The lowest BCUT2D eigenvalue weighted by Crippen LogP contribution is -2.53.